The van der Waals surface area contributed by atoms with Crippen molar-refractivity contribution in [2.24, 2.45) is 46.8 Å². The van der Waals surface area contributed by atoms with Crippen molar-refractivity contribution in [3.8, 4) is 0 Å². The predicted octanol–water partition coefficient (Wildman–Crippen LogP) is 4.04. The number of pyridine rings is 1. The minimum Gasteiger partial charge on any atom is -0.387 e. The molecule has 0 aliphatic heterocycles. The van der Waals surface area contributed by atoms with E-state index in [1.165, 1.54) is 25.7 Å². The molecule has 0 spiro atoms. The quantitative estimate of drug-likeness (QED) is 0.698. The lowest BCUT2D eigenvalue weighted by Gasteiger charge is -2.55. The summed E-state index contributed by atoms with van der Waals surface area (Å²) in [5, 5.41) is 19.6. The van der Waals surface area contributed by atoms with Crippen LogP contribution in [0.3, 0.4) is 0 Å². The van der Waals surface area contributed by atoms with Crippen molar-refractivity contribution in [1.82, 2.24) is 20.0 Å². The third kappa shape index (κ3) is 3.09. The first-order valence-corrected chi connectivity index (χ1v) is 14.0. The molecular weight excluding hydrogens is 440 g/mol. The zero-order valence-electron chi connectivity index (χ0n) is 21.0. The first-order valence-electron chi connectivity index (χ1n) is 14.0. The van der Waals surface area contributed by atoms with E-state index < -0.39 is 5.60 Å². The molecule has 0 saturated heterocycles. The largest absolute Gasteiger partial charge is 0.387 e. The molecule has 35 heavy (non-hydrogen) atoms. The zero-order valence-corrected chi connectivity index (χ0v) is 21.0. The molecule has 1 N–H and O–H groups in total. The van der Waals surface area contributed by atoms with Crippen molar-refractivity contribution in [2.75, 3.05) is 6.61 Å². The van der Waals surface area contributed by atoms with E-state index in [1.54, 1.807) is 17.1 Å². The normalized spacial score (nSPS) is 45.9. The zero-order chi connectivity index (χ0) is 23.9. The minimum absolute atomic E-state index is 0.0741. The highest BCUT2D eigenvalue weighted by Gasteiger charge is 2.72. The maximum Gasteiger partial charge on any atom is 0.157 e. The van der Waals surface area contributed by atoms with Crippen LogP contribution in [0.15, 0.2) is 18.5 Å². The minimum atomic E-state index is -0.542. The molecule has 10 atom stereocenters. The molecule has 5 fully saturated rings. The lowest BCUT2D eigenvalue weighted by molar-refractivity contribution is -0.131. The van der Waals surface area contributed by atoms with Gasteiger partial charge < -0.3 is 9.84 Å². The van der Waals surface area contributed by atoms with Gasteiger partial charge in [0.2, 0.25) is 0 Å². The fourth-order valence-electron chi connectivity index (χ4n) is 9.93. The molecular formula is C28H38N4O3. The van der Waals surface area contributed by atoms with Gasteiger partial charge in [0.15, 0.2) is 5.78 Å². The van der Waals surface area contributed by atoms with E-state index in [-0.39, 0.29) is 17.4 Å². The standard InChI is InChI=1S/C28H38N4O3/c1-3-35-26-25-19-5-4-18-16(17(19)9-12-28(25,26)34)8-11-27(2)20(18)6-7-21(27)24(33)15-32-23-10-13-29-14-22(23)30-31-32/h10,13-14,16-21,25-26,34H,3-9,11-12,15H2,1-2H3. The second kappa shape index (κ2) is 7.82. The number of aliphatic hydroxyl groups is 1. The molecule has 5 aliphatic rings. The number of carbonyl (C=O) groups excluding carboxylic acids is 1. The van der Waals surface area contributed by atoms with Crippen LogP contribution in [0.1, 0.15) is 65.2 Å². The van der Waals surface area contributed by atoms with Gasteiger partial charge in [-0.2, -0.15) is 0 Å². The first-order chi connectivity index (χ1) is 17.0. The Balaban J connectivity index is 1.08. The van der Waals surface area contributed by atoms with Gasteiger partial charge in [-0.25, -0.2) is 4.68 Å². The van der Waals surface area contributed by atoms with E-state index in [2.05, 4.69) is 22.2 Å². The van der Waals surface area contributed by atoms with Crippen molar-refractivity contribution in [2.45, 2.75) is 83.5 Å². The Morgan fingerprint density at radius 1 is 1.11 bits per heavy atom. The number of Topliss-reactive ketones (excluding diaryl/α,β-unsaturated/α-hetero) is 1. The van der Waals surface area contributed by atoms with Gasteiger partial charge in [-0.1, -0.05) is 12.1 Å². The molecule has 0 aromatic carbocycles. The molecule has 2 heterocycles. The van der Waals surface area contributed by atoms with Gasteiger partial charge >= 0.3 is 0 Å². The van der Waals surface area contributed by atoms with E-state index in [0.29, 0.717) is 36.7 Å². The highest BCUT2D eigenvalue weighted by molar-refractivity contribution is 5.84. The number of hydrogen-bond acceptors (Lipinski definition) is 6. The monoisotopic (exact) mass is 478 g/mol. The second-order valence-corrected chi connectivity index (χ2v) is 12.5. The number of rotatable bonds is 5. The summed E-state index contributed by atoms with van der Waals surface area (Å²) in [4.78, 5) is 17.8. The molecule has 7 nitrogen and oxygen atoms in total. The lowest BCUT2D eigenvalue weighted by atomic mass is 9.49. The SMILES string of the molecule is CCOC1C2C3CCC4C(CCC5(C)C(C(=O)Cn6nnc7cnccc76)CCC45)C3CCC12O. The topological polar surface area (TPSA) is 90.1 Å². The molecule has 7 rings (SSSR count). The lowest BCUT2D eigenvalue weighted by Crippen LogP contribution is -2.50. The molecule has 10 unspecified atom stereocenters. The van der Waals surface area contributed by atoms with Crippen LogP contribution in [0, 0.1) is 46.8 Å². The Bertz CT molecular complexity index is 1150. The smallest absolute Gasteiger partial charge is 0.157 e. The Morgan fingerprint density at radius 3 is 2.77 bits per heavy atom. The van der Waals surface area contributed by atoms with Gasteiger partial charge in [-0.05, 0) is 99.4 Å². The Morgan fingerprint density at radius 2 is 1.91 bits per heavy atom. The molecule has 2 aromatic rings. The van der Waals surface area contributed by atoms with Crippen molar-refractivity contribution < 1.29 is 14.6 Å². The van der Waals surface area contributed by atoms with Gasteiger partial charge in [0, 0.05) is 24.6 Å². The molecule has 0 amide bonds. The van der Waals surface area contributed by atoms with Gasteiger partial charge in [-0.3, -0.25) is 9.78 Å². The summed E-state index contributed by atoms with van der Waals surface area (Å²) in [5.74, 6) is 4.32. The second-order valence-electron chi connectivity index (χ2n) is 12.5. The van der Waals surface area contributed by atoms with Gasteiger partial charge in [-0.15, -0.1) is 5.10 Å². The number of nitrogens with zero attached hydrogens (tertiary/aromatic N) is 4. The Hall–Kier alpha value is -1.86. The van der Waals surface area contributed by atoms with Crippen molar-refractivity contribution in [3.05, 3.63) is 18.5 Å². The van der Waals surface area contributed by atoms with Crippen LogP contribution in [0.2, 0.25) is 0 Å². The summed E-state index contributed by atoms with van der Waals surface area (Å²) >= 11 is 0. The van der Waals surface area contributed by atoms with Crippen LogP contribution < -0.4 is 0 Å². The van der Waals surface area contributed by atoms with Crippen molar-refractivity contribution >= 4 is 16.8 Å². The predicted molar refractivity (Wildman–Crippen MR) is 130 cm³/mol. The Kier molecular flexibility index (Phi) is 4.99. The van der Waals surface area contributed by atoms with Gasteiger partial charge in [0.05, 0.1) is 23.4 Å². The molecule has 5 aliphatic carbocycles. The van der Waals surface area contributed by atoms with Gasteiger partial charge in [0.1, 0.15) is 12.1 Å². The third-order valence-electron chi connectivity index (χ3n) is 11.4. The molecule has 2 aromatic heterocycles. The van der Waals surface area contributed by atoms with Crippen molar-refractivity contribution in [1.29, 1.82) is 0 Å². The van der Waals surface area contributed by atoms with E-state index >= 15 is 0 Å². The van der Waals surface area contributed by atoms with Gasteiger partial charge in [0.25, 0.3) is 0 Å². The molecule has 5 saturated carbocycles. The summed E-state index contributed by atoms with van der Waals surface area (Å²) in [7, 11) is 0. The van der Waals surface area contributed by atoms with Crippen LogP contribution >= 0.6 is 0 Å². The average molecular weight is 479 g/mol. The number of carbonyl (C=O) groups is 1. The highest BCUT2D eigenvalue weighted by atomic mass is 16.5. The molecule has 0 bridgehead atoms. The first kappa shape index (κ1) is 22.3. The molecule has 0 radical (unpaired) electrons. The maximum atomic E-state index is 13.6. The third-order valence-corrected chi connectivity index (χ3v) is 11.4. The number of fused-ring (bicyclic) bond motifs is 8. The maximum absolute atomic E-state index is 13.6. The van der Waals surface area contributed by atoms with E-state index in [1.807, 2.05) is 13.0 Å². The van der Waals surface area contributed by atoms with Crippen LogP contribution in [0.25, 0.3) is 11.0 Å². The fraction of sp³-hybridized carbons (Fsp3) is 0.786. The summed E-state index contributed by atoms with van der Waals surface area (Å²) in [5.41, 5.74) is 1.19. The van der Waals surface area contributed by atoms with E-state index in [0.717, 1.165) is 54.5 Å². The Labute approximate surface area is 207 Å². The number of ketones is 1. The number of hydrogen-bond donors (Lipinski definition) is 1. The van der Waals surface area contributed by atoms with Crippen LogP contribution in [0.5, 0.6) is 0 Å². The van der Waals surface area contributed by atoms with Crippen LogP contribution in [0.4, 0.5) is 0 Å². The van der Waals surface area contributed by atoms with Crippen LogP contribution in [-0.2, 0) is 16.1 Å². The van der Waals surface area contributed by atoms with E-state index in [9.17, 15) is 9.90 Å². The molecule has 188 valence electrons. The number of aromatic nitrogens is 4. The molecule has 7 heteroatoms. The fourth-order valence-corrected chi connectivity index (χ4v) is 9.93. The number of ether oxygens (including phenoxy) is 1. The van der Waals surface area contributed by atoms with Crippen LogP contribution in [-0.4, -0.2) is 49.2 Å². The summed E-state index contributed by atoms with van der Waals surface area (Å²) in [6.45, 7) is 5.48. The summed E-state index contributed by atoms with van der Waals surface area (Å²) in [6.07, 6.45) is 12.7. The average Bonchev–Trinajstić information content (AvgIpc) is 3.13. The van der Waals surface area contributed by atoms with Crippen molar-refractivity contribution in [3.63, 3.8) is 0 Å². The van der Waals surface area contributed by atoms with E-state index in [4.69, 9.17) is 4.74 Å². The highest BCUT2D eigenvalue weighted by Crippen LogP contribution is 2.69. The summed E-state index contributed by atoms with van der Waals surface area (Å²) < 4.78 is 7.75. The summed E-state index contributed by atoms with van der Waals surface area (Å²) in [6, 6.07) is 1.90.